The van der Waals surface area contributed by atoms with Gasteiger partial charge >= 0.3 is 0 Å². The van der Waals surface area contributed by atoms with Crippen molar-refractivity contribution in [2.24, 2.45) is 11.3 Å². The smallest absolute Gasteiger partial charge is 0.0151 e. The summed E-state index contributed by atoms with van der Waals surface area (Å²) >= 11 is 0. The molecule has 0 amide bonds. The van der Waals surface area contributed by atoms with Gasteiger partial charge < -0.3 is 0 Å². The fourth-order valence-electron chi connectivity index (χ4n) is 8.26. The molecule has 1 unspecified atom stereocenters. The van der Waals surface area contributed by atoms with E-state index in [0.717, 1.165) is 6.42 Å². The Kier molecular flexibility index (Phi) is 8.59. The summed E-state index contributed by atoms with van der Waals surface area (Å²) in [5.74, 6) is 0.156. The maximum Gasteiger partial charge on any atom is 0.0151 e. The lowest BCUT2D eigenvalue weighted by molar-refractivity contribution is 0.325. The van der Waals surface area contributed by atoms with E-state index in [1.165, 1.54) is 82.8 Å². The SMILES string of the molecule is CC(C)(C)c1ccc2c(c1)=C1C(=Cc3ccc(-c4ccccc4)cc3)C(C(C)(C)C)C(=Cc3ccc(-c4ccccc4)cc3)C(C3=CC=CC3)=C1C=2. The Morgan fingerprint density at radius 3 is 1.56 bits per heavy atom. The molecule has 1 atom stereocenters. The van der Waals surface area contributed by atoms with Gasteiger partial charge in [-0.1, -0.05) is 193 Å². The number of fused-ring (bicyclic) bond motifs is 2. The molecule has 0 saturated carbocycles. The van der Waals surface area contributed by atoms with Crippen LogP contribution in [-0.4, -0.2) is 0 Å². The molecular weight excluding hydrogens is 625 g/mol. The molecule has 5 aromatic carbocycles. The number of hydrogen-bond acceptors (Lipinski definition) is 0. The first kappa shape index (κ1) is 33.7. The minimum absolute atomic E-state index is 0.0506. The van der Waals surface area contributed by atoms with E-state index < -0.39 is 0 Å². The average molecular weight is 673 g/mol. The van der Waals surface area contributed by atoms with Crippen molar-refractivity contribution in [3.8, 4) is 22.3 Å². The van der Waals surface area contributed by atoms with Crippen molar-refractivity contribution in [3.63, 3.8) is 0 Å². The summed E-state index contributed by atoms with van der Waals surface area (Å²) in [5.41, 5.74) is 17.1. The highest BCUT2D eigenvalue weighted by Gasteiger charge is 2.41. The monoisotopic (exact) mass is 672 g/mol. The van der Waals surface area contributed by atoms with Crippen molar-refractivity contribution in [2.75, 3.05) is 0 Å². The lowest BCUT2D eigenvalue weighted by atomic mass is 9.62. The molecule has 0 N–H and O–H groups in total. The van der Waals surface area contributed by atoms with Gasteiger partial charge in [0.25, 0.3) is 0 Å². The van der Waals surface area contributed by atoms with Gasteiger partial charge in [0.05, 0.1) is 0 Å². The van der Waals surface area contributed by atoms with Gasteiger partial charge in [0, 0.05) is 5.92 Å². The summed E-state index contributed by atoms with van der Waals surface area (Å²) in [4.78, 5) is 0. The van der Waals surface area contributed by atoms with Crippen molar-refractivity contribution >= 4 is 23.8 Å². The zero-order valence-electron chi connectivity index (χ0n) is 31.4. The van der Waals surface area contributed by atoms with Crippen LogP contribution in [0.3, 0.4) is 0 Å². The Morgan fingerprint density at radius 1 is 0.558 bits per heavy atom. The largest absolute Gasteiger partial charge is 0.0801 e. The van der Waals surface area contributed by atoms with Crippen LogP contribution in [-0.2, 0) is 5.41 Å². The second kappa shape index (κ2) is 13.3. The fourth-order valence-corrected chi connectivity index (χ4v) is 8.26. The number of rotatable bonds is 5. The standard InChI is InChI=1S/C52H48/c1-51(2,3)43-30-29-42-33-45-48(41-19-13-14-20-41)46(31-35-21-25-39(26-22-35)37-15-9-7-10-16-37)50(52(4,5)6)47(49(45)44(42)34-43)32-36-23-27-40(28-24-36)38-17-11-8-12-18-38/h7-19,21-34,50H,20H2,1-6H3. The topological polar surface area (TPSA) is 0 Å². The van der Waals surface area contributed by atoms with Gasteiger partial charge in [-0.2, -0.15) is 0 Å². The van der Waals surface area contributed by atoms with Crippen LogP contribution < -0.4 is 10.4 Å². The van der Waals surface area contributed by atoms with Crippen molar-refractivity contribution < 1.29 is 0 Å². The molecule has 8 rings (SSSR count). The van der Waals surface area contributed by atoms with Crippen molar-refractivity contribution in [2.45, 2.75) is 53.4 Å². The molecule has 0 nitrogen and oxygen atoms in total. The van der Waals surface area contributed by atoms with E-state index in [9.17, 15) is 0 Å². The Hall–Kier alpha value is -5.46. The Balaban J connectivity index is 1.39. The van der Waals surface area contributed by atoms with Crippen molar-refractivity contribution in [3.05, 3.63) is 201 Å². The highest BCUT2D eigenvalue weighted by molar-refractivity contribution is 6.00. The van der Waals surface area contributed by atoms with Crippen LogP contribution in [0, 0.1) is 11.3 Å². The van der Waals surface area contributed by atoms with Crippen LogP contribution >= 0.6 is 0 Å². The van der Waals surface area contributed by atoms with E-state index in [1.807, 2.05) is 0 Å². The van der Waals surface area contributed by atoms with Crippen LogP contribution in [0.25, 0.3) is 46.1 Å². The highest BCUT2D eigenvalue weighted by atomic mass is 14.4. The molecule has 0 fully saturated rings. The summed E-state index contributed by atoms with van der Waals surface area (Å²) < 4.78 is 0. The molecular formula is C52H48. The molecule has 3 aliphatic rings. The Morgan fingerprint density at radius 2 is 1.08 bits per heavy atom. The van der Waals surface area contributed by atoms with Gasteiger partial charge in [-0.05, 0) is 112 Å². The molecule has 3 aliphatic carbocycles. The molecule has 5 aromatic rings. The van der Waals surface area contributed by atoms with Gasteiger partial charge in [0.15, 0.2) is 0 Å². The Labute approximate surface area is 310 Å². The molecule has 52 heavy (non-hydrogen) atoms. The number of allylic oxidation sites excluding steroid dienone is 8. The van der Waals surface area contributed by atoms with E-state index in [2.05, 4.69) is 205 Å². The minimum atomic E-state index is -0.0631. The molecule has 0 heterocycles. The molecule has 0 radical (unpaired) electrons. The predicted octanol–water partition coefficient (Wildman–Crippen LogP) is 12.3. The molecule has 256 valence electrons. The normalized spacial score (nSPS) is 18.5. The highest BCUT2D eigenvalue weighted by Crippen LogP contribution is 2.54. The predicted molar refractivity (Wildman–Crippen MR) is 224 cm³/mol. The molecule has 0 spiro atoms. The molecule has 0 saturated heterocycles. The molecule has 0 heteroatoms. The van der Waals surface area contributed by atoms with Gasteiger partial charge in [-0.25, -0.2) is 0 Å². The van der Waals surface area contributed by atoms with Crippen molar-refractivity contribution in [1.29, 1.82) is 0 Å². The quantitative estimate of drug-likeness (QED) is 0.174. The van der Waals surface area contributed by atoms with E-state index in [1.54, 1.807) is 0 Å². The van der Waals surface area contributed by atoms with Crippen LogP contribution in [0.1, 0.15) is 64.7 Å². The average Bonchev–Trinajstić information content (AvgIpc) is 3.81. The van der Waals surface area contributed by atoms with Crippen molar-refractivity contribution in [1.82, 2.24) is 0 Å². The molecule has 0 aromatic heterocycles. The summed E-state index contributed by atoms with van der Waals surface area (Å²) in [6, 6.07) is 46.8. The van der Waals surface area contributed by atoms with Crippen LogP contribution in [0.2, 0.25) is 0 Å². The van der Waals surface area contributed by atoms with Gasteiger partial charge in [-0.3, -0.25) is 0 Å². The van der Waals surface area contributed by atoms with E-state index in [4.69, 9.17) is 0 Å². The summed E-state index contributed by atoms with van der Waals surface area (Å²) in [6.45, 7) is 14.2. The minimum Gasteiger partial charge on any atom is -0.0801 e. The maximum atomic E-state index is 2.50. The number of benzene rings is 5. The second-order valence-corrected chi connectivity index (χ2v) is 16.7. The van der Waals surface area contributed by atoms with Crippen LogP contribution in [0.5, 0.6) is 0 Å². The zero-order chi connectivity index (χ0) is 36.0. The van der Waals surface area contributed by atoms with Gasteiger partial charge in [-0.15, -0.1) is 0 Å². The first-order valence-electron chi connectivity index (χ1n) is 18.8. The van der Waals surface area contributed by atoms with E-state index in [-0.39, 0.29) is 16.7 Å². The van der Waals surface area contributed by atoms with Crippen LogP contribution in [0.4, 0.5) is 0 Å². The summed E-state index contributed by atoms with van der Waals surface area (Å²) in [7, 11) is 0. The van der Waals surface area contributed by atoms with Gasteiger partial charge in [0.2, 0.25) is 0 Å². The zero-order valence-corrected chi connectivity index (χ0v) is 31.4. The summed E-state index contributed by atoms with van der Waals surface area (Å²) in [6.07, 6.45) is 15.3. The summed E-state index contributed by atoms with van der Waals surface area (Å²) in [5, 5.41) is 2.67. The molecule has 0 aliphatic heterocycles. The third kappa shape index (κ3) is 6.44. The Bertz CT molecular complexity index is 2430. The van der Waals surface area contributed by atoms with E-state index >= 15 is 0 Å². The lowest BCUT2D eigenvalue weighted by Gasteiger charge is -2.41. The van der Waals surface area contributed by atoms with Gasteiger partial charge in [0.1, 0.15) is 0 Å². The first-order chi connectivity index (χ1) is 25.0. The first-order valence-corrected chi connectivity index (χ1v) is 18.8. The van der Waals surface area contributed by atoms with Crippen LogP contribution in [0.15, 0.2) is 173 Å². The maximum absolute atomic E-state index is 2.50. The number of hydrogen-bond donors (Lipinski definition) is 0. The fraction of sp³-hybridized carbons (Fsp3) is 0.192. The third-order valence-electron chi connectivity index (χ3n) is 10.9. The lowest BCUT2D eigenvalue weighted by Crippen LogP contribution is -2.33. The molecule has 0 bridgehead atoms. The second-order valence-electron chi connectivity index (χ2n) is 16.7. The third-order valence-corrected chi connectivity index (χ3v) is 10.9. The van der Waals surface area contributed by atoms with E-state index in [0.29, 0.717) is 0 Å².